The number of hydrogen-bond donors (Lipinski definition) is 1. The molecule has 1 aliphatic carbocycles. The van der Waals surface area contributed by atoms with E-state index in [-0.39, 0.29) is 6.04 Å². The number of benzene rings is 2. The van der Waals surface area contributed by atoms with Crippen molar-refractivity contribution < 1.29 is 4.79 Å². The van der Waals surface area contributed by atoms with Crippen molar-refractivity contribution in [3.8, 4) is 0 Å². The lowest BCUT2D eigenvalue weighted by atomic mass is 10.0. The van der Waals surface area contributed by atoms with Gasteiger partial charge in [-0.15, -0.1) is 0 Å². The molecule has 1 aliphatic rings. The van der Waals surface area contributed by atoms with Crippen molar-refractivity contribution in [2.45, 2.75) is 18.9 Å². The summed E-state index contributed by atoms with van der Waals surface area (Å²) < 4.78 is 0. The van der Waals surface area contributed by atoms with Gasteiger partial charge in [-0.3, -0.25) is 4.79 Å². The van der Waals surface area contributed by atoms with E-state index in [1.165, 1.54) is 12.8 Å². The van der Waals surface area contributed by atoms with E-state index in [0.717, 1.165) is 23.1 Å². The molecule has 0 radical (unpaired) electrons. The summed E-state index contributed by atoms with van der Waals surface area (Å²) in [6.07, 6.45) is 5.48. The van der Waals surface area contributed by atoms with E-state index < -0.39 is 0 Å². The Kier molecular flexibility index (Phi) is 4.15. The van der Waals surface area contributed by atoms with Crippen molar-refractivity contribution in [3.05, 3.63) is 72.3 Å². The molecule has 0 amide bonds. The fourth-order valence-electron chi connectivity index (χ4n) is 2.51. The lowest BCUT2D eigenvalue weighted by Crippen LogP contribution is -2.19. The average Bonchev–Trinajstić information content (AvgIpc) is 3.38. The maximum atomic E-state index is 11.4. The standard InChI is InChI=1S/C19H19NO/c21-14-17(15-7-3-1-4-8-15)13-19(16-11-12-16)20-18-9-5-2-6-10-18/h1-10,13-14,16,19-20H,11-12H2/b17-13+. The molecule has 1 fully saturated rings. The lowest BCUT2D eigenvalue weighted by molar-refractivity contribution is -0.103. The number of allylic oxidation sites excluding steroid dienone is 1. The summed E-state index contributed by atoms with van der Waals surface area (Å²) in [5.41, 5.74) is 2.84. The van der Waals surface area contributed by atoms with Crippen molar-refractivity contribution in [1.82, 2.24) is 0 Å². The predicted octanol–water partition coefficient (Wildman–Crippen LogP) is 4.16. The van der Waals surface area contributed by atoms with Gasteiger partial charge < -0.3 is 5.32 Å². The lowest BCUT2D eigenvalue weighted by Gasteiger charge is -2.17. The molecule has 0 heterocycles. The Bertz CT molecular complexity index is 615. The van der Waals surface area contributed by atoms with Gasteiger partial charge in [0, 0.05) is 17.3 Å². The van der Waals surface area contributed by atoms with Crippen LogP contribution >= 0.6 is 0 Å². The first-order valence-corrected chi connectivity index (χ1v) is 7.41. The summed E-state index contributed by atoms with van der Waals surface area (Å²) in [7, 11) is 0. The van der Waals surface area contributed by atoms with Crippen LogP contribution in [0.25, 0.3) is 5.57 Å². The van der Waals surface area contributed by atoms with Gasteiger partial charge in [0.15, 0.2) is 0 Å². The molecule has 106 valence electrons. The SMILES string of the molecule is O=C/C(=C\C(Nc1ccccc1)C1CC1)c1ccccc1. The van der Waals surface area contributed by atoms with Gasteiger partial charge in [-0.05, 0) is 36.5 Å². The molecule has 1 unspecified atom stereocenters. The van der Waals surface area contributed by atoms with E-state index >= 15 is 0 Å². The zero-order valence-corrected chi connectivity index (χ0v) is 11.9. The smallest absolute Gasteiger partial charge is 0.150 e. The molecule has 0 aliphatic heterocycles. The Hall–Kier alpha value is -2.35. The Labute approximate surface area is 125 Å². The summed E-state index contributed by atoms with van der Waals surface area (Å²) in [6.45, 7) is 0. The first kappa shape index (κ1) is 13.6. The van der Waals surface area contributed by atoms with E-state index in [1.54, 1.807) is 0 Å². The third-order valence-electron chi connectivity index (χ3n) is 3.83. The highest BCUT2D eigenvalue weighted by molar-refractivity contribution is 6.07. The molecule has 1 saturated carbocycles. The van der Waals surface area contributed by atoms with Crippen molar-refractivity contribution >= 4 is 17.5 Å². The van der Waals surface area contributed by atoms with E-state index in [1.807, 2.05) is 48.5 Å². The first-order valence-electron chi connectivity index (χ1n) is 7.41. The van der Waals surface area contributed by atoms with Gasteiger partial charge in [0.1, 0.15) is 6.29 Å². The van der Waals surface area contributed by atoms with Crippen LogP contribution in [-0.4, -0.2) is 12.3 Å². The van der Waals surface area contributed by atoms with Gasteiger partial charge >= 0.3 is 0 Å². The second-order valence-corrected chi connectivity index (χ2v) is 5.48. The quantitative estimate of drug-likeness (QED) is 0.634. The van der Waals surface area contributed by atoms with Gasteiger partial charge in [0.05, 0.1) is 0 Å². The number of rotatable bonds is 6. The second-order valence-electron chi connectivity index (χ2n) is 5.48. The molecule has 1 atom stereocenters. The Morgan fingerprint density at radius 3 is 2.19 bits per heavy atom. The fourth-order valence-corrected chi connectivity index (χ4v) is 2.51. The zero-order chi connectivity index (χ0) is 14.5. The Balaban J connectivity index is 1.83. The second kappa shape index (κ2) is 6.40. The predicted molar refractivity (Wildman–Crippen MR) is 87.1 cm³/mol. The molecule has 2 heteroatoms. The molecule has 2 aromatic carbocycles. The summed E-state index contributed by atoms with van der Waals surface area (Å²) in [6, 6.07) is 20.2. The van der Waals surface area contributed by atoms with Crippen molar-refractivity contribution in [2.75, 3.05) is 5.32 Å². The van der Waals surface area contributed by atoms with Crippen molar-refractivity contribution in [1.29, 1.82) is 0 Å². The van der Waals surface area contributed by atoms with E-state index in [0.29, 0.717) is 5.92 Å². The number of para-hydroxylation sites is 1. The zero-order valence-electron chi connectivity index (χ0n) is 11.9. The molecule has 0 aromatic heterocycles. The Morgan fingerprint density at radius 2 is 1.62 bits per heavy atom. The summed E-state index contributed by atoms with van der Waals surface area (Å²) in [5.74, 6) is 0.629. The van der Waals surface area contributed by atoms with E-state index in [9.17, 15) is 4.79 Å². The fraction of sp³-hybridized carbons (Fsp3) is 0.211. The largest absolute Gasteiger partial charge is 0.379 e. The van der Waals surface area contributed by atoms with Crippen LogP contribution in [0.3, 0.4) is 0 Å². The minimum atomic E-state index is 0.216. The molecule has 2 aromatic rings. The van der Waals surface area contributed by atoms with E-state index in [4.69, 9.17) is 0 Å². The van der Waals surface area contributed by atoms with Gasteiger partial charge in [-0.25, -0.2) is 0 Å². The molecule has 21 heavy (non-hydrogen) atoms. The highest BCUT2D eigenvalue weighted by Crippen LogP contribution is 2.35. The van der Waals surface area contributed by atoms with Crippen LogP contribution in [0.5, 0.6) is 0 Å². The maximum absolute atomic E-state index is 11.4. The number of nitrogens with one attached hydrogen (secondary N) is 1. The maximum Gasteiger partial charge on any atom is 0.150 e. The first-order chi connectivity index (χ1) is 10.4. The summed E-state index contributed by atoms with van der Waals surface area (Å²) in [5, 5.41) is 3.54. The van der Waals surface area contributed by atoms with Gasteiger partial charge in [-0.1, -0.05) is 54.6 Å². The Morgan fingerprint density at radius 1 is 1.00 bits per heavy atom. The third kappa shape index (κ3) is 3.60. The third-order valence-corrected chi connectivity index (χ3v) is 3.83. The van der Waals surface area contributed by atoms with Crippen LogP contribution in [0.1, 0.15) is 18.4 Å². The van der Waals surface area contributed by atoms with Crippen LogP contribution in [-0.2, 0) is 4.79 Å². The molecular formula is C19H19NO. The average molecular weight is 277 g/mol. The number of anilines is 1. The number of aldehydes is 1. The number of carbonyl (C=O) groups excluding carboxylic acids is 1. The van der Waals surface area contributed by atoms with Crippen molar-refractivity contribution in [3.63, 3.8) is 0 Å². The number of hydrogen-bond acceptors (Lipinski definition) is 2. The number of carbonyl (C=O) groups is 1. The van der Waals surface area contributed by atoms with Crippen molar-refractivity contribution in [2.24, 2.45) is 5.92 Å². The topological polar surface area (TPSA) is 29.1 Å². The molecule has 3 rings (SSSR count). The van der Waals surface area contributed by atoms with Gasteiger partial charge in [0.25, 0.3) is 0 Å². The molecular weight excluding hydrogens is 258 g/mol. The van der Waals surface area contributed by atoms with Gasteiger partial charge in [-0.2, -0.15) is 0 Å². The van der Waals surface area contributed by atoms with Crippen LogP contribution in [0.2, 0.25) is 0 Å². The minimum Gasteiger partial charge on any atom is -0.379 e. The van der Waals surface area contributed by atoms with E-state index in [2.05, 4.69) is 23.5 Å². The minimum absolute atomic E-state index is 0.216. The molecule has 0 spiro atoms. The van der Waals surface area contributed by atoms with Gasteiger partial charge in [0.2, 0.25) is 0 Å². The molecule has 0 saturated heterocycles. The summed E-state index contributed by atoms with van der Waals surface area (Å²) in [4.78, 5) is 11.4. The van der Waals surface area contributed by atoms with Crippen LogP contribution in [0.4, 0.5) is 5.69 Å². The molecule has 2 nitrogen and oxygen atoms in total. The molecule has 1 N–H and O–H groups in total. The van der Waals surface area contributed by atoms with Crippen LogP contribution in [0, 0.1) is 5.92 Å². The summed E-state index contributed by atoms with van der Waals surface area (Å²) >= 11 is 0. The van der Waals surface area contributed by atoms with Crippen LogP contribution < -0.4 is 5.32 Å². The highest BCUT2D eigenvalue weighted by atomic mass is 16.1. The normalized spacial score (nSPS) is 16.3. The molecule has 0 bridgehead atoms. The highest BCUT2D eigenvalue weighted by Gasteiger charge is 2.30. The monoisotopic (exact) mass is 277 g/mol. The van der Waals surface area contributed by atoms with Crippen LogP contribution in [0.15, 0.2) is 66.7 Å².